The van der Waals surface area contributed by atoms with E-state index in [1.807, 2.05) is 12.1 Å². The molecule has 2 fully saturated rings. The lowest BCUT2D eigenvalue weighted by molar-refractivity contribution is 0.0387. The number of anilines is 1. The van der Waals surface area contributed by atoms with Crippen molar-refractivity contribution in [2.75, 3.05) is 31.1 Å². The van der Waals surface area contributed by atoms with Gasteiger partial charge in [0.05, 0.1) is 5.56 Å². The fourth-order valence-electron chi connectivity index (χ4n) is 4.87. The first-order valence-electron chi connectivity index (χ1n) is 10.1. The van der Waals surface area contributed by atoms with Gasteiger partial charge in [0.25, 0.3) is 0 Å². The number of hydrogen-bond acceptors (Lipinski definition) is 4. The standard InChI is InChI=1S/C23H26N2O2/c1-16-5-2-3-6-17(16)13-22-20-9-8-18(14-21(20)23(26)27-22)25-12-11-24-10-4-7-19(24)15-25/h2-3,5-6,8-9,14,19,22H,4,7,10-13,15H2,1H3. The molecule has 4 nitrogen and oxygen atoms in total. The van der Waals surface area contributed by atoms with Crippen molar-refractivity contribution in [2.24, 2.45) is 0 Å². The molecule has 2 saturated heterocycles. The Balaban J connectivity index is 1.38. The summed E-state index contributed by atoms with van der Waals surface area (Å²) < 4.78 is 5.74. The van der Waals surface area contributed by atoms with Crippen molar-refractivity contribution in [1.29, 1.82) is 0 Å². The van der Waals surface area contributed by atoms with E-state index in [1.54, 1.807) is 0 Å². The largest absolute Gasteiger partial charge is 0.454 e. The molecular formula is C23H26N2O2. The maximum Gasteiger partial charge on any atom is 0.339 e. The summed E-state index contributed by atoms with van der Waals surface area (Å²) in [4.78, 5) is 17.6. The zero-order valence-corrected chi connectivity index (χ0v) is 15.9. The Morgan fingerprint density at radius 2 is 2.00 bits per heavy atom. The number of esters is 1. The van der Waals surface area contributed by atoms with Gasteiger partial charge in [-0.15, -0.1) is 0 Å². The van der Waals surface area contributed by atoms with Crippen LogP contribution in [0.15, 0.2) is 42.5 Å². The van der Waals surface area contributed by atoms with Crippen molar-refractivity contribution in [1.82, 2.24) is 4.90 Å². The van der Waals surface area contributed by atoms with Gasteiger partial charge in [-0.1, -0.05) is 30.3 Å². The second-order valence-electron chi connectivity index (χ2n) is 8.07. The SMILES string of the molecule is Cc1ccccc1CC1OC(=O)c2cc(N3CCN4CCCC4C3)ccc21. The zero-order chi connectivity index (χ0) is 18.4. The number of hydrogen-bond donors (Lipinski definition) is 0. The van der Waals surface area contributed by atoms with Gasteiger partial charge in [0, 0.05) is 43.3 Å². The van der Waals surface area contributed by atoms with Crippen LogP contribution >= 0.6 is 0 Å². The number of fused-ring (bicyclic) bond motifs is 2. The molecule has 27 heavy (non-hydrogen) atoms. The predicted octanol–water partition coefficient (Wildman–Crippen LogP) is 3.73. The van der Waals surface area contributed by atoms with Crippen LogP contribution in [0.3, 0.4) is 0 Å². The van der Waals surface area contributed by atoms with Crippen LogP contribution in [-0.4, -0.2) is 43.1 Å². The molecule has 140 valence electrons. The van der Waals surface area contributed by atoms with E-state index >= 15 is 0 Å². The Morgan fingerprint density at radius 1 is 1.11 bits per heavy atom. The first-order chi connectivity index (χ1) is 13.2. The van der Waals surface area contributed by atoms with E-state index in [2.05, 4.69) is 47.1 Å². The summed E-state index contributed by atoms with van der Waals surface area (Å²) >= 11 is 0. The van der Waals surface area contributed by atoms with E-state index in [9.17, 15) is 4.79 Å². The summed E-state index contributed by atoms with van der Waals surface area (Å²) in [5.74, 6) is -0.176. The van der Waals surface area contributed by atoms with Gasteiger partial charge in [0.2, 0.25) is 0 Å². The van der Waals surface area contributed by atoms with Crippen LogP contribution in [0, 0.1) is 6.92 Å². The van der Waals surface area contributed by atoms with Gasteiger partial charge in [-0.3, -0.25) is 4.90 Å². The molecule has 0 radical (unpaired) electrons. The van der Waals surface area contributed by atoms with Gasteiger partial charge in [-0.05, 0) is 49.6 Å². The number of carbonyl (C=O) groups is 1. The van der Waals surface area contributed by atoms with Gasteiger partial charge in [0.15, 0.2) is 0 Å². The lowest BCUT2D eigenvalue weighted by Crippen LogP contribution is -2.50. The van der Waals surface area contributed by atoms with Crippen LogP contribution in [0.5, 0.6) is 0 Å². The topological polar surface area (TPSA) is 32.8 Å². The van der Waals surface area contributed by atoms with Gasteiger partial charge < -0.3 is 9.64 Å². The molecule has 0 spiro atoms. The fraction of sp³-hybridized carbons (Fsp3) is 0.435. The molecule has 0 amide bonds. The predicted molar refractivity (Wildman–Crippen MR) is 106 cm³/mol. The van der Waals surface area contributed by atoms with Crippen LogP contribution in [-0.2, 0) is 11.2 Å². The smallest absolute Gasteiger partial charge is 0.339 e. The third kappa shape index (κ3) is 3.02. The summed E-state index contributed by atoms with van der Waals surface area (Å²) in [5, 5.41) is 0. The highest BCUT2D eigenvalue weighted by atomic mass is 16.5. The highest BCUT2D eigenvalue weighted by Crippen LogP contribution is 2.36. The van der Waals surface area contributed by atoms with E-state index in [4.69, 9.17) is 4.74 Å². The van der Waals surface area contributed by atoms with Crippen molar-refractivity contribution in [3.05, 3.63) is 64.7 Å². The molecule has 5 rings (SSSR count). The Kier molecular flexibility index (Phi) is 4.16. The van der Waals surface area contributed by atoms with Gasteiger partial charge >= 0.3 is 5.97 Å². The van der Waals surface area contributed by atoms with Crippen molar-refractivity contribution in [2.45, 2.75) is 38.3 Å². The minimum Gasteiger partial charge on any atom is -0.454 e. The summed E-state index contributed by atoms with van der Waals surface area (Å²) in [7, 11) is 0. The van der Waals surface area contributed by atoms with Gasteiger partial charge in [0.1, 0.15) is 6.10 Å². The molecule has 2 unspecified atom stereocenters. The number of nitrogens with zero attached hydrogens (tertiary/aromatic N) is 2. The van der Waals surface area contributed by atoms with E-state index in [0.717, 1.165) is 42.9 Å². The summed E-state index contributed by atoms with van der Waals surface area (Å²) in [6.07, 6.45) is 3.18. The number of ether oxygens (including phenoxy) is 1. The minimum atomic E-state index is -0.176. The third-order valence-electron chi connectivity index (χ3n) is 6.47. The molecule has 2 atom stereocenters. The lowest BCUT2D eigenvalue weighted by Gasteiger charge is -2.39. The molecule has 0 N–H and O–H groups in total. The fourth-order valence-corrected chi connectivity index (χ4v) is 4.87. The van der Waals surface area contributed by atoms with Crippen LogP contribution < -0.4 is 4.90 Å². The quantitative estimate of drug-likeness (QED) is 0.779. The first-order valence-corrected chi connectivity index (χ1v) is 10.1. The molecule has 3 aliphatic heterocycles. The average molecular weight is 362 g/mol. The molecule has 0 aliphatic carbocycles. The maximum atomic E-state index is 12.5. The Hall–Kier alpha value is -2.33. The Labute approximate surface area is 160 Å². The second kappa shape index (κ2) is 6.68. The van der Waals surface area contributed by atoms with Crippen molar-refractivity contribution in [3.63, 3.8) is 0 Å². The molecule has 0 saturated carbocycles. The zero-order valence-electron chi connectivity index (χ0n) is 15.9. The molecular weight excluding hydrogens is 336 g/mol. The minimum absolute atomic E-state index is 0.172. The van der Waals surface area contributed by atoms with Crippen molar-refractivity contribution < 1.29 is 9.53 Å². The number of rotatable bonds is 3. The Morgan fingerprint density at radius 3 is 2.89 bits per heavy atom. The van der Waals surface area contributed by atoms with Crippen LogP contribution in [0.25, 0.3) is 0 Å². The molecule has 2 aromatic rings. The molecule has 3 heterocycles. The van der Waals surface area contributed by atoms with Crippen LogP contribution in [0.4, 0.5) is 5.69 Å². The first kappa shape index (κ1) is 16.8. The lowest BCUT2D eigenvalue weighted by atomic mass is 9.96. The maximum absolute atomic E-state index is 12.5. The van der Waals surface area contributed by atoms with Crippen molar-refractivity contribution >= 4 is 11.7 Å². The number of benzene rings is 2. The monoisotopic (exact) mass is 362 g/mol. The summed E-state index contributed by atoms with van der Waals surface area (Å²) in [6, 6.07) is 15.3. The van der Waals surface area contributed by atoms with E-state index in [-0.39, 0.29) is 12.1 Å². The van der Waals surface area contributed by atoms with Gasteiger partial charge in [-0.2, -0.15) is 0 Å². The van der Waals surface area contributed by atoms with E-state index in [1.165, 1.54) is 30.5 Å². The normalized spacial score (nSPS) is 24.6. The molecule has 2 aromatic carbocycles. The summed E-state index contributed by atoms with van der Waals surface area (Å²) in [6.45, 7) is 6.59. The van der Waals surface area contributed by atoms with Crippen molar-refractivity contribution in [3.8, 4) is 0 Å². The highest BCUT2D eigenvalue weighted by molar-refractivity contribution is 5.95. The third-order valence-corrected chi connectivity index (χ3v) is 6.47. The van der Waals surface area contributed by atoms with Gasteiger partial charge in [-0.25, -0.2) is 4.79 Å². The second-order valence-corrected chi connectivity index (χ2v) is 8.07. The van der Waals surface area contributed by atoms with E-state index in [0.29, 0.717) is 6.04 Å². The van der Waals surface area contributed by atoms with Crippen LogP contribution in [0.2, 0.25) is 0 Å². The molecule has 4 heteroatoms. The summed E-state index contributed by atoms with van der Waals surface area (Å²) in [5.41, 5.74) is 5.43. The molecule has 3 aliphatic rings. The number of cyclic esters (lactones) is 1. The Bertz CT molecular complexity index is 878. The average Bonchev–Trinajstić information content (AvgIpc) is 3.27. The highest BCUT2D eigenvalue weighted by Gasteiger charge is 2.34. The number of aryl methyl sites for hydroxylation is 1. The number of piperazine rings is 1. The van der Waals surface area contributed by atoms with E-state index < -0.39 is 0 Å². The van der Waals surface area contributed by atoms with Crippen LogP contribution in [0.1, 0.15) is 46.0 Å². The molecule has 0 aromatic heterocycles. The molecule has 0 bridgehead atoms. The number of carbonyl (C=O) groups excluding carboxylic acids is 1.